The minimum atomic E-state index is -2.35. The summed E-state index contributed by atoms with van der Waals surface area (Å²) >= 11 is 14.1. The molecule has 11 bridgehead atoms. The summed E-state index contributed by atoms with van der Waals surface area (Å²) in [4.78, 5) is 117. The van der Waals surface area contributed by atoms with Crippen molar-refractivity contribution in [3.63, 3.8) is 0 Å². The van der Waals surface area contributed by atoms with E-state index in [0.29, 0.717) is 0 Å². The first-order chi connectivity index (χ1) is 47.7. The van der Waals surface area contributed by atoms with Crippen LogP contribution in [0.1, 0.15) is 105 Å². The third-order valence-electron chi connectivity index (χ3n) is 17.8. The lowest BCUT2D eigenvalue weighted by Crippen LogP contribution is -2.64. The van der Waals surface area contributed by atoms with E-state index in [0.717, 1.165) is 66.7 Å². The fraction of sp³-hybridized carbons (Fsp3) is 0.424. The zero-order valence-electron chi connectivity index (χ0n) is 54.3. The molecule has 7 amide bonds. The number of amides is 7. The molecule has 12 rings (SSSR count). The Morgan fingerprint density at radius 3 is 1.90 bits per heavy atom. The van der Waals surface area contributed by atoms with Crippen molar-refractivity contribution in [3.05, 3.63) is 117 Å². The minimum absolute atomic E-state index is 0.0975. The molecule has 0 saturated carbocycles. The maximum absolute atomic E-state index is 16.0. The monoisotopic (exact) mass is 1450 g/mol. The van der Waals surface area contributed by atoms with E-state index in [1.54, 1.807) is 0 Å². The highest BCUT2D eigenvalue weighted by molar-refractivity contribution is 6.32. The molecule has 2 fully saturated rings. The Labute approximate surface area is 584 Å². The lowest BCUT2D eigenvalue weighted by atomic mass is 9.86. The van der Waals surface area contributed by atoms with E-state index >= 15 is 14.4 Å². The highest BCUT2D eigenvalue weighted by Crippen LogP contribution is 2.50. The van der Waals surface area contributed by atoms with Crippen LogP contribution in [0.15, 0.2) is 78.9 Å². The van der Waals surface area contributed by atoms with Gasteiger partial charge in [-0.1, -0.05) is 55.2 Å². The van der Waals surface area contributed by atoms with E-state index in [2.05, 4.69) is 37.2 Å². The van der Waals surface area contributed by atoms with Gasteiger partial charge in [0.05, 0.1) is 41.3 Å². The van der Waals surface area contributed by atoms with E-state index < -0.39 is 237 Å². The fourth-order valence-electron chi connectivity index (χ4n) is 12.5. The fourth-order valence-corrected chi connectivity index (χ4v) is 12.9. The SMILES string of the molecule is CN[C@H](CC(C)C)C(=O)NC1C(=O)N[C@@H](CC(N)=O)C(=O)N[C@H]2C(=O)N[C@H]3C(=O)N[C@H](C(=O)NC(C(=O)O)c4cc(O)cc(O)c4-c4cc3ccc4O)[C@H](O)c3ccc(c(Cl)c3)Oc3cc2cc(c3O[C@@H]2OC(CO)[C@@H](O)C(O)C2O[C@H]2CC(C)(N)[C@H](O)C(C)O2)Oc2ccc(cc2Cl)[C@H]1O. The number of carbonyl (C=O) groups excluding carboxylic acids is 7. The lowest BCUT2D eigenvalue weighted by molar-refractivity contribution is -0.333. The summed E-state index contributed by atoms with van der Waals surface area (Å²) < 4.78 is 38.3. The Bertz CT molecular complexity index is 4070. The number of aliphatic carboxylic acids is 1. The first-order valence-corrected chi connectivity index (χ1v) is 32.4. The number of aliphatic hydroxyl groups excluding tert-OH is 6. The number of carboxylic acids is 1. The minimum Gasteiger partial charge on any atom is -0.508 e. The molecule has 35 heteroatoms. The molecule has 0 spiro atoms. The number of aromatic hydroxyl groups is 3. The van der Waals surface area contributed by atoms with Gasteiger partial charge in [-0.3, -0.25) is 33.6 Å². The second-order valence-electron chi connectivity index (χ2n) is 25.7. The van der Waals surface area contributed by atoms with Gasteiger partial charge >= 0.3 is 5.97 Å². The molecule has 542 valence electrons. The maximum Gasteiger partial charge on any atom is 0.330 e. The van der Waals surface area contributed by atoms with Crippen molar-refractivity contribution in [1.82, 2.24) is 37.2 Å². The lowest BCUT2D eigenvalue weighted by Gasteiger charge is -2.47. The third kappa shape index (κ3) is 15.8. The molecule has 7 aliphatic rings. The summed E-state index contributed by atoms with van der Waals surface area (Å²) in [5.74, 6) is -16.0. The van der Waals surface area contributed by atoms with Gasteiger partial charge in [-0.05, 0) is 110 Å². The largest absolute Gasteiger partial charge is 0.508 e. The number of hydrogen-bond donors (Lipinski definition) is 19. The number of carboxylic acid groups (broad SMARTS) is 1. The molecule has 7 aliphatic heterocycles. The predicted molar refractivity (Wildman–Crippen MR) is 349 cm³/mol. The molecule has 18 atom stereocenters. The zero-order valence-corrected chi connectivity index (χ0v) is 55.8. The van der Waals surface area contributed by atoms with Crippen LogP contribution in [-0.4, -0.2) is 191 Å². The van der Waals surface area contributed by atoms with E-state index in [9.17, 15) is 75.0 Å². The number of benzene rings is 5. The molecular formula is C66H75Cl2N9O24. The van der Waals surface area contributed by atoms with Crippen molar-refractivity contribution in [2.24, 2.45) is 17.4 Å². The number of fused-ring (bicyclic) bond motifs is 15. The molecule has 33 nitrogen and oxygen atoms in total. The number of rotatable bonds is 13. The van der Waals surface area contributed by atoms with Crippen LogP contribution >= 0.6 is 23.2 Å². The van der Waals surface area contributed by atoms with Gasteiger partial charge in [0.25, 0.3) is 0 Å². The Kier molecular flexibility index (Phi) is 22.2. The Hall–Kier alpha value is -9.20. The summed E-state index contributed by atoms with van der Waals surface area (Å²) in [6, 6.07) is -0.679. The van der Waals surface area contributed by atoms with Crippen molar-refractivity contribution in [2.45, 2.75) is 156 Å². The summed E-state index contributed by atoms with van der Waals surface area (Å²) in [5, 5.41) is 131. The highest BCUT2D eigenvalue weighted by atomic mass is 35.5. The van der Waals surface area contributed by atoms with Crippen LogP contribution in [0.3, 0.4) is 0 Å². The number of primary amides is 1. The molecule has 2 saturated heterocycles. The quantitative estimate of drug-likeness (QED) is 0.0743. The van der Waals surface area contributed by atoms with Crippen molar-refractivity contribution >= 4 is 70.5 Å². The van der Waals surface area contributed by atoms with Crippen molar-refractivity contribution in [1.29, 1.82) is 0 Å². The second-order valence-corrected chi connectivity index (χ2v) is 26.5. The molecule has 0 radical (unpaired) electrons. The smallest absolute Gasteiger partial charge is 0.330 e. The molecular weight excluding hydrogens is 1370 g/mol. The van der Waals surface area contributed by atoms with Gasteiger partial charge in [0.15, 0.2) is 29.9 Å². The van der Waals surface area contributed by atoms with Gasteiger partial charge < -0.3 is 128 Å². The maximum atomic E-state index is 16.0. The first kappa shape index (κ1) is 74.5. The standard InChI is InChI=1S/C66H75Cl2N9O24/c1-23(2)12-34(71-5)58(88)76-49-51(83)26-7-10-38(32(67)14-26)97-40-16-28-17-41(55(40)101-65-56(54(86)53(85)42(22-78)99-65)100-44-21-66(4,70)57(87)24(3)96-44)98-39-11-8-27(15-33(39)68)52(84)50-63(93)75-48(64(94)95)31-18-29(79)19-37(81)45(31)30-13-25(6-9-36(30)80)46(60(90)77-50)74-61(91)47(28)73-59(89)35(20-43(69)82)72-62(49)92/h6-11,13-19,23-24,34-35,42,44,46-54,56-57,65,71,78-81,83-87H,12,20-22,70H2,1-5H3,(H2,69,82)(H,72,92)(H,73,89)(H,74,91)(H,75,93)(H,76,88)(H,77,90)(H,94,95)/t24?,34-,35+,42?,44+,46-,47-,48?,49?,50+,51-,52-,53-,54?,56?,57-,65+,66?/m1/s1. The molecule has 7 unspecified atom stereocenters. The van der Waals surface area contributed by atoms with Crippen LogP contribution in [0.25, 0.3) is 11.1 Å². The number of likely N-dealkylation sites (N-methyl/N-ethyl adjacent to an activating group) is 1. The number of hydrogen-bond acceptors (Lipinski definition) is 25. The topological polar surface area (TPSA) is 530 Å². The average molecular weight is 1450 g/mol. The Balaban J connectivity index is 1.24. The van der Waals surface area contributed by atoms with Crippen molar-refractivity contribution < 1.29 is 118 Å². The Morgan fingerprint density at radius 2 is 1.32 bits per heavy atom. The number of nitrogens with two attached hydrogens (primary N) is 2. The zero-order chi connectivity index (χ0) is 73.5. The molecule has 0 aromatic heterocycles. The van der Waals surface area contributed by atoms with E-state index in [1.807, 2.05) is 13.8 Å². The highest BCUT2D eigenvalue weighted by Gasteiger charge is 2.51. The van der Waals surface area contributed by atoms with E-state index in [-0.39, 0.29) is 46.2 Å². The molecule has 101 heavy (non-hydrogen) atoms. The average Bonchev–Trinajstić information content (AvgIpc) is 0.775. The normalized spacial score (nSPS) is 29.4. The molecule has 0 aliphatic carbocycles. The van der Waals surface area contributed by atoms with Gasteiger partial charge in [0.2, 0.25) is 53.4 Å². The molecule has 7 heterocycles. The van der Waals surface area contributed by atoms with Gasteiger partial charge in [-0.25, -0.2) is 4.79 Å². The number of nitrogens with one attached hydrogen (secondary N) is 7. The van der Waals surface area contributed by atoms with Gasteiger partial charge in [0, 0.05) is 34.7 Å². The molecule has 21 N–H and O–H groups in total. The summed E-state index contributed by atoms with van der Waals surface area (Å²) in [7, 11) is 1.47. The number of ether oxygens (including phenoxy) is 6. The number of phenolic OH excluding ortho intramolecular Hbond substituents is 3. The third-order valence-corrected chi connectivity index (χ3v) is 18.4. The van der Waals surface area contributed by atoms with Crippen molar-refractivity contribution in [2.75, 3.05) is 13.7 Å². The van der Waals surface area contributed by atoms with Gasteiger partial charge in [-0.2, -0.15) is 0 Å². The summed E-state index contributed by atoms with van der Waals surface area (Å²) in [6.07, 6.45) is -18.6. The van der Waals surface area contributed by atoms with Crippen LogP contribution in [0.2, 0.25) is 10.0 Å². The predicted octanol–water partition coefficient (Wildman–Crippen LogP) is 0.106. The van der Waals surface area contributed by atoms with Crippen LogP contribution in [-0.2, 0) is 52.6 Å². The van der Waals surface area contributed by atoms with E-state index in [1.165, 1.54) is 33.0 Å². The Morgan fingerprint density at radius 1 is 0.713 bits per heavy atom. The summed E-state index contributed by atoms with van der Waals surface area (Å²) in [5.41, 5.74) is 8.00. The number of halogens is 2. The van der Waals surface area contributed by atoms with Gasteiger partial charge in [-0.15, -0.1) is 0 Å². The van der Waals surface area contributed by atoms with Crippen LogP contribution < -0.4 is 62.9 Å². The molecule has 5 aromatic carbocycles. The van der Waals surface area contributed by atoms with Crippen LogP contribution in [0.5, 0.6) is 46.0 Å². The number of aliphatic hydroxyl groups is 6. The van der Waals surface area contributed by atoms with Gasteiger partial charge in [0.1, 0.15) is 89.5 Å². The van der Waals surface area contributed by atoms with Crippen LogP contribution in [0, 0.1) is 5.92 Å². The number of carbonyl (C=O) groups is 8. The first-order valence-electron chi connectivity index (χ1n) is 31.6. The van der Waals surface area contributed by atoms with Crippen LogP contribution in [0.4, 0.5) is 0 Å². The molecule has 5 aromatic rings. The summed E-state index contributed by atoms with van der Waals surface area (Å²) in [6.45, 7) is 5.66. The number of phenols is 3. The van der Waals surface area contributed by atoms with Crippen molar-refractivity contribution in [3.8, 4) is 57.1 Å². The van der Waals surface area contributed by atoms with E-state index in [4.69, 9.17) is 63.1 Å². The second kappa shape index (κ2) is 30.2.